The Morgan fingerprint density at radius 3 is 2.51 bits per heavy atom. The summed E-state index contributed by atoms with van der Waals surface area (Å²) < 4.78 is 93.1. The number of rotatable bonds is 7. The molecule has 1 aromatic heterocycles. The van der Waals surface area contributed by atoms with Crippen LogP contribution in [0.2, 0.25) is 0 Å². The molecule has 1 fully saturated rings. The van der Waals surface area contributed by atoms with Crippen LogP contribution in [0.5, 0.6) is 0 Å². The standard InChI is InChI=1S/C32H33F4N3O3S/c1-43(40,41)38-21-30-14-15-31(32(34,35)36,42-20-22-6-3-2-4-7-22)18-25(30)9-5-8-23-17-29-24(16-28(23)30)19-37-39(29)27-12-10-26(33)11-13-27/h2-4,6-7,10-13,16-17,19,25,38H,5,8-9,14-15,18,20-21H2,1H3. The Labute approximate surface area is 248 Å². The Kier molecular flexibility index (Phi) is 7.63. The van der Waals surface area contributed by atoms with Gasteiger partial charge in [0.2, 0.25) is 10.0 Å². The number of sulfonamides is 1. The number of ether oxygens (including phenoxy) is 1. The molecule has 228 valence electrons. The minimum atomic E-state index is -4.60. The predicted molar refractivity (Wildman–Crippen MR) is 156 cm³/mol. The maximum Gasteiger partial charge on any atom is 0.417 e. The maximum absolute atomic E-state index is 14.9. The lowest BCUT2D eigenvalue weighted by atomic mass is 9.57. The van der Waals surface area contributed by atoms with Crippen molar-refractivity contribution in [3.05, 3.63) is 95.4 Å². The molecule has 6 rings (SSSR count). The van der Waals surface area contributed by atoms with Crippen LogP contribution < -0.4 is 4.72 Å². The molecule has 3 atom stereocenters. The number of alkyl halides is 3. The molecule has 0 amide bonds. The molecule has 6 nitrogen and oxygen atoms in total. The van der Waals surface area contributed by atoms with Gasteiger partial charge < -0.3 is 4.74 Å². The largest absolute Gasteiger partial charge is 0.417 e. The van der Waals surface area contributed by atoms with Crippen molar-refractivity contribution in [2.75, 3.05) is 12.8 Å². The molecule has 0 bridgehead atoms. The zero-order valence-electron chi connectivity index (χ0n) is 23.7. The van der Waals surface area contributed by atoms with E-state index in [1.165, 1.54) is 12.1 Å². The smallest absolute Gasteiger partial charge is 0.361 e. The van der Waals surface area contributed by atoms with Crippen LogP contribution in [0.3, 0.4) is 0 Å². The van der Waals surface area contributed by atoms with Gasteiger partial charge in [0.05, 0.1) is 30.3 Å². The van der Waals surface area contributed by atoms with Gasteiger partial charge in [-0.3, -0.25) is 0 Å². The molecule has 1 saturated carbocycles. The third kappa shape index (κ3) is 5.70. The summed E-state index contributed by atoms with van der Waals surface area (Å²) in [5, 5.41) is 5.30. The fourth-order valence-electron chi connectivity index (χ4n) is 7.03. The van der Waals surface area contributed by atoms with Crippen molar-refractivity contribution in [1.29, 1.82) is 0 Å². The zero-order chi connectivity index (χ0) is 30.5. The lowest BCUT2D eigenvalue weighted by Crippen LogP contribution is -2.58. The highest BCUT2D eigenvalue weighted by Crippen LogP contribution is 2.57. The monoisotopic (exact) mass is 615 g/mol. The highest BCUT2D eigenvalue weighted by Gasteiger charge is 2.62. The first-order valence-corrected chi connectivity index (χ1v) is 16.2. The van der Waals surface area contributed by atoms with Gasteiger partial charge >= 0.3 is 6.18 Å². The SMILES string of the molecule is CS(=O)(=O)NCC12CCC(OCc3ccccc3)(C(F)(F)F)CC1CCCc1cc3c(cnn3-c3ccc(F)cc3)cc12. The number of fused-ring (bicyclic) bond motifs is 4. The van der Waals surface area contributed by atoms with Crippen molar-refractivity contribution in [2.45, 2.75) is 62.3 Å². The van der Waals surface area contributed by atoms with Gasteiger partial charge in [-0.2, -0.15) is 18.3 Å². The first-order valence-electron chi connectivity index (χ1n) is 14.4. The minimum absolute atomic E-state index is 0.00622. The van der Waals surface area contributed by atoms with Gasteiger partial charge in [0.25, 0.3) is 0 Å². The summed E-state index contributed by atoms with van der Waals surface area (Å²) in [6, 6.07) is 18.8. The van der Waals surface area contributed by atoms with E-state index in [4.69, 9.17) is 4.74 Å². The topological polar surface area (TPSA) is 73.2 Å². The van der Waals surface area contributed by atoms with Gasteiger partial charge in [-0.25, -0.2) is 22.2 Å². The molecule has 2 aliphatic rings. The highest BCUT2D eigenvalue weighted by atomic mass is 32.2. The number of hydrogen-bond donors (Lipinski definition) is 1. The van der Waals surface area contributed by atoms with Crippen LogP contribution in [0.1, 0.15) is 48.8 Å². The Morgan fingerprint density at radius 2 is 1.81 bits per heavy atom. The summed E-state index contributed by atoms with van der Waals surface area (Å²) in [6.07, 6.45) is -0.555. The maximum atomic E-state index is 14.9. The molecule has 0 radical (unpaired) electrons. The average molecular weight is 616 g/mol. The van der Waals surface area contributed by atoms with E-state index < -0.39 is 33.1 Å². The third-order valence-corrected chi connectivity index (χ3v) is 9.92. The van der Waals surface area contributed by atoms with Gasteiger partial charge in [-0.15, -0.1) is 0 Å². The van der Waals surface area contributed by atoms with Crippen molar-refractivity contribution >= 4 is 20.9 Å². The molecule has 11 heteroatoms. The quantitative estimate of drug-likeness (QED) is 0.238. The Bertz CT molecular complexity index is 1720. The molecular weight excluding hydrogens is 582 g/mol. The van der Waals surface area contributed by atoms with Crippen LogP contribution in [-0.2, 0) is 33.2 Å². The Morgan fingerprint density at radius 1 is 1.07 bits per heavy atom. The summed E-state index contributed by atoms with van der Waals surface area (Å²) >= 11 is 0. The van der Waals surface area contributed by atoms with E-state index in [9.17, 15) is 26.0 Å². The van der Waals surface area contributed by atoms with Gasteiger partial charge in [-0.1, -0.05) is 30.3 Å². The zero-order valence-corrected chi connectivity index (χ0v) is 24.5. The minimum Gasteiger partial charge on any atom is -0.361 e. The summed E-state index contributed by atoms with van der Waals surface area (Å²) in [6.45, 7) is -0.171. The van der Waals surface area contributed by atoms with E-state index in [-0.39, 0.29) is 38.2 Å². The summed E-state index contributed by atoms with van der Waals surface area (Å²) in [5.41, 5.74) is 0.737. The lowest BCUT2D eigenvalue weighted by Gasteiger charge is -2.52. The Balaban J connectivity index is 1.43. The average Bonchev–Trinajstić information content (AvgIpc) is 3.31. The van der Waals surface area contributed by atoms with Crippen LogP contribution in [0, 0.1) is 11.7 Å². The number of halogens is 4. The molecule has 0 spiro atoms. The number of nitrogens with zero attached hydrogens (tertiary/aromatic N) is 2. The second-order valence-electron chi connectivity index (χ2n) is 11.9. The number of hydrogen-bond acceptors (Lipinski definition) is 4. The second kappa shape index (κ2) is 11.0. The molecule has 0 saturated heterocycles. The predicted octanol–water partition coefficient (Wildman–Crippen LogP) is 6.61. The number of aromatic nitrogens is 2. The van der Waals surface area contributed by atoms with Gasteiger partial charge in [0, 0.05) is 17.3 Å². The summed E-state index contributed by atoms with van der Waals surface area (Å²) in [7, 11) is -3.63. The van der Waals surface area contributed by atoms with Gasteiger partial charge in [-0.05, 0) is 97.5 Å². The number of nitrogens with one attached hydrogen (secondary N) is 1. The van der Waals surface area contributed by atoms with Crippen molar-refractivity contribution < 1.29 is 30.7 Å². The lowest BCUT2D eigenvalue weighted by molar-refractivity contribution is -0.300. The van der Waals surface area contributed by atoms with Crippen LogP contribution in [-0.4, -0.2) is 42.8 Å². The van der Waals surface area contributed by atoms with Gasteiger partial charge in [0.15, 0.2) is 5.60 Å². The second-order valence-corrected chi connectivity index (χ2v) is 13.7. The van der Waals surface area contributed by atoms with Crippen LogP contribution in [0.4, 0.5) is 17.6 Å². The van der Waals surface area contributed by atoms with Crippen molar-refractivity contribution in [2.24, 2.45) is 5.92 Å². The van der Waals surface area contributed by atoms with Crippen molar-refractivity contribution in [3.8, 4) is 5.69 Å². The number of aryl methyl sites for hydroxylation is 1. The molecule has 1 heterocycles. The molecular formula is C32H33F4N3O3S. The normalized spacial score (nSPS) is 24.3. The molecule has 3 unspecified atom stereocenters. The van der Waals surface area contributed by atoms with E-state index in [1.54, 1.807) is 53.3 Å². The van der Waals surface area contributed by atoms with Gasteiger partial charge in [0.1, 0.15) is 5.82 Å². The van der Waals surface area contributed by atoms with E-state index in [2.05, 4.69) is 9.82 Å². The fraction of sp³-hybridized carbons (Fsp3) is 0.406. The third-order valence-electron chi connectivity index (χ3n) is 9.26. The van der Waals surface area contributed by atoms with E-state index >= 15 is 0 Å². The van der Waals surface area contributed by atoms with E-state index in [0.29, 0.717) is 30.5 Å². The fourth-order valence-corrected chi connectivity index (χ4v) is 7.55. The van der Waals surface area contributed by atoms with Crippen LogP contribution in [0.15, 0.2) is 72.9 Å². The first-order chi connectivity index (χ1) is 20.4. The van der Waals surface area contributed by atoms with Crippen LogP contribution >= 0.6 is 0 Å². The molecule has 4 aromatic rings. The molecule has 0 aliphatic heterocycles. The highest BCUT2D eigenvalue weighted by molar-refractivity contribution is 7.88. The number of benzene rings is 3. The summed E-state index contributed by atoms with van der Waals surface area (Å²) in [4.78, 5) is 0. The molecule has 3 aromatic carbocycles. The molecule has 1 N–H and O–H groups in total. The van der Waals surface area contributed by atoms with E-state index in [1.807, 2.05) is 12.1 Å². The summed E-state index contributed by atoms with van der Waals surface area (Å²) in [5.74, 6) is -0.848. The van der Waals surface area contributed by atoms with Crippen molar-refractivity contribution in [3.63, 3.8) is 0 Å². The molecule has 2 aliphatic carbocycles. The van der Waals surface area contributed by atoms with E-state index in [0.717, 1.165) is 28.3 Å². The van der Waals surface area contributed by atoms with Crippen LogP contribution in [0.25, 0.3) is 16.6 Å². The Hall–Kier alpha value is -3.28. The molecule has 43 heavy (non-hydrogen) atoms. The van der Waals surface area contributed by atoms with Crippen molar-refractivity contribution in [1.82, 2.24) is 14.5 Å². The first kappa shape index (κ1) is 29.8.